The van der Waals surface area contributed by atoms with Crippen LogP contribution in [0.4, 0.5) is 0 Å². The number of carbonyl (C=O) groups excluding carboxylic acids is 1. The Morgan fingerprint density at radius 1 is 1.47 bits per heavy atom. The van der Waals surface area contributed by atoms with E-state index in [1.165, 1.54) is 0 Å². The zero-order chi connectivity index (χ0) is 10.5. The molecule has 1 N–H and O–H groups in total. The third-order valence-electron chi connectivity index (χ3n) is 2.00. The minimum Gasteiger partial charge on any atom is -0.346 e. The van der Waals surface area contributed by atoms with Crippen molar-refractivity contribution in [2.75, 3.05) is 0 Å². The SMILES string of the molecule is O=C(NCc1ccccn1)C1=C=CC=C1. The Balaban J connectivity index is 1.92. The fourth-order valence-corrected chi connectivity index (χ4v) is 1.24. The molecule has 0 aromatic carbocycles. The van der Waals surface area contributed by atoms with Crippen molar-refractivity contribution in [2.24, 2.45) is 0 Å². The van der Waals surface area contributed by atoms with Gasteiger partial charge in [-0.1, -0.05) is 12.1 Å². The van der Waals surface area contributed by atoms with Crippen LogP contribution in [0, 0.1) is 0 Å². The maximum atomic E-state index is 11.5. The van der Waals surface area contributed by atoms with Crippen molar-refractivity contribution >= 4 is 5.91 Å². The van der Waals surface area contributed by atoms with Gasteiger partial charge in [-0.05, 0) is 24.3 Å². The Morgan fingerprint density at radius 2 is 2.40 bits per heavy atom. The topological polar surface area (TPSA) is 42.0 Å². The minimum absolute atomic E-state index is 0.120. The molecule has 0 atom stereocenters. The third-order valence-corrected chi connectivity index (χ3v) is 2.00. The largest absolute Gasteiger partial charge is 0.346 e. The van der Waals surface area contributed by atoms with E-state index in [0.717, 1.165) is 5.69 Å². The number of hydrogen-bond donors (Lipinski definition) is 1. The van der Waals surface area contributed by atoms with E-state index in [-0.39, 0.29) is 5.91 Å². The Labute approximate surface area is 87.8 Å². The summed E-state index contributed by atoms with van der Waals surface area (Å²) >= 11 is 0. The highest BCUT2D eigenvalue weighted by Gasteiger charge is 2.06. The summed E-state index contributed by atoms with van der Waals surface area (Å²) in [4.78, 5) is 15.6. The molecule has 1 amide bonds. The van der Waals surface area contributed by atoms with Gasteiger partial charge in [-0.3, -0.25) is 9.78 Å². The van der Waals surface area contributed by atoms with Crippen molar-refractivity contribution in [1.29, 1.82) is 0 Å². The van der Waals surface area contributed by atoms with Crippen LogP contribution in [0.15, 0.2) is 53.9 Å². The first-order valence-electron chi connectivity index (χ1n) is 4.68. The maximum absolute atomic E-state index is 11.5. The van der Waals surface area contributed by atoms with Crippen molar-refractivity contribution in [3.63, 3.8) is 0 Å². The standard InChI is InChI=1S/C12H10N2O/c15-12(10-5-1-2-6-10)14-9-11-7-3-4-8-13-11/h1-5,7-8H,9H2,(H,14,15). The van der Waals surface area contributed by atoms with Crippen LogP contribution in [0.3, 0.4) is 0 Å². The van der Waals surface area contributed by atoms with Crippen molar-refractivity contribution in [2.45, 2.75) is 6.54 Å². The van der Waals surface area contributed by atoms with Crippen LogP contribution in [0.1, 0.15) is 5.69 Å². The van der Waals surface area contributed by atoms with Gasteiger partial charge in [0.05, 0.1) is 17.8 Å². The molecule has 3 nitrogen and oxygen atoms in total. The molecule has 1 aromatic rings. The lowest BCUT2D eigenvalue weighted by Gasteiger charge is -2.02. The van der Waals surface area contributed by atoms with Gasteiger partial charge in [-0.15, -0.1) is 5.73 Å². The second-order valence-electron chi connectivity index (χ2n) is 3.09. The summed E-state index contributed by atoms with van der Waals surface area (Å²) in [5.74, 6) is -0.120. The Hall–Kier alpha value is -2.12. The Kier molecular flexibility index (Phi) is 2.77. The molecular formula is C12H10N2O. The molecule has 1 aromatic heterocycles. The highest BCUT2D eigenvalue weighted by molar-refractivity contribution is 5.96. The van der Waals surface area contributed by atoms with Crippen molar-refractivity contribution in [3.05, 3.63) is 59.6 Å². The maximum Gasteiger partial charge on any atom is 0.259 e. The van der Waals surface area contributed by atoms with E-state index < -0.39 is 0 Å². The van der Waals surface area contributed by atoms with Crippen LogP contribution >= 0.6 is 0 Å². The minimum atomic E-state index is -0.120. The summed E-state index contributed by atoms with van der Waals surface area (Å²) in [5, 5.41) is 2.77. The van der Waals surface area contributed by atoms with Gasteiger partial charge in [0.2, 0.25) is 0 Å². The Morgan fingerprint density at radius 3 is 3.07 bits per heavy atom. The summed E-state index contributed by atoms with van der Waals surface area (Å²) in [5.41, 5.74) is 4.25. The van der Waals surface area contributed by atoms with E-state index in [4.69, 9.17) is 0 Å². The molecule has 0 spiro atoms. The highest BCUT2D eigenvalue weighted by atomic mass is 16.1. The van der Waals surface area contributed by atoms with Crippen LogP contribution in [-0.2, 0) is 11.3 Å². The van der Waals surface area contributed by atoms with Crippen LogP contribution in [0.5, 0.6) is 0 Å². The molecule has 0 radical (unpaired) electrons. The lowest BCUT2D eigenvalue weighted by Crippen LogP contribution is -2.23. The van der Waals surface area contributed by atoms with E-state index in [1.807, 2.05) is 18.2 Å². The first-order chi connectivity index (χ1) is 7.36. The van der Waals surface area contributed by atoms with Crippen LogP contribution in [-0.4, -0.2) is 10.9 Å². The number of rotatable bonds is 3. The van der Waals surface area contributed by atoms with Crippen molar-refractivity contribution < 1.29 is 4.79 Å². The molecule has 1 aliphatic carbocycles. The van der Waals surface area contributed by atoms with Gasteiger partial charge in [0.1, 0.15) is 0 Å². The van der Waals surface area contributed by atoms with Gasteiger partial charge in [0.25, 0.3) is 5.91 Å². The van der Waals surface area contributed by atoms with E-state index >= 15 is 0 Å². The number of amides is 1. The number of allylic oxidation sites excluding steroid dienone is 1. The molecule has 74 valence electrons. The summed E-state index contributed by atoms with van der Waals surface area (Å²) < 4.78 is 0. The molecule has 3 heteroatoms. The predicted molar refractivity (Wildman–Crippen MR) is 56.8 cm³/mol. The van der Waals surface area contributed by atoms with Crippen LogP contribution in [0.2, 0.25) is 0 Å². The molecule has 0 bridgehead atoms. The summed E-state index contributed by atoms with van der Waals surface area (Å²) in [6, 6.07) is 5.61. The van der Waals surface area contributed by atoms with Crippen molar-refractivity contribution in [3.8, 4) is 0 Å². The average Bonchev–Trinajstić information content (AvgIpc) is 2.81. The van der Waals surface area contributed by atoms with E-state index in [9.17, 15) is 4.79 Å². The Bertz CT molecular complexity index is 454. The number of pyridine rings is 1. The number of hydrogen-bond acceptors (Lipinski definition) is 2. The fourth-order valence-electron chi connectivity index (χ4n) is 1.24. The number of nitrogens with one attached hydrogen (secondary N) is 1. The first kappa shape index (κ1) is 9.44. The molecule has 0 aliphatic heterocycles. The van der Waals surface area contributed by atoms with E-state index in [2.05, 4.69) is 16.0 Å². The van der Waals surface area contributed by atoms with Crippen molar-refractivity contribution in [1.82, 2.24) is 10.3 Å². The summed E-state index contributed by atoms with van der Waals surface area (Å²) in [6.45, 7) is 0.443. The van der Waals surface area contributed by atoms with Gasteiger partial charge < -0.3 is 5.32 Å². The highest BCUT2D eigenvalue weighted by Crippen LogP contribution is 2.02. The molecule has 0 unspecified atom stereocenters. The smallest absolute Gasteiger partial charge is 0.259 e. The number of aromatic nitrogens is 1. The summed E-state index contributed by atoms with van der Waals surface area (Å²) in [7, 11) is 0. The molecule has 1 aliphatic rings. The van der Waals surface area contributed by atoms with Gasteiger partial charge in [-0.25, -0.2) is 0 Å². The van der Waals surface area contributed by atoms with Gasteiger partial charge >= 0.3 is 0 Å². The molecule has 0 saturated carbocycles. The van der Waals surface area contributed by atoms with E-state index in [1.54, 1.807) is 24.4 Å². The van der Waals surface area contributed by atoms with Gasteiger partial charge in [0.15, 0.2) is 0 Å². The number of carbonyl (C=O) groups is 1. The molecular weight excluding hydrogens is 188 g/mol. The molecule has 1 heterocycles. The fraction of sp³-hybridized carbons (Fsp3) is 0.0833. The monoisotopic (exact) mass is 198 g/mol. The van der Waals surface area contributed by atoms with E-state index in [0.29, 0.717) is 12.1 Å². The molecule has 2 rings (SSSR count). The lowest BCUT2D eigenvalue weighted by molar-refractivity contribution is -0.117. The zero-order valence-electron chi connectivity index (χ0n) is 8.10. The lowest BCUT2D eigenvalue weighted by atomic mass is 10.3. The average molecular weight is 198 g/mol. The second kappa shape index (κ2) is 4.40. The second-order valence-corrected chi connectivity index (χ2v) is 3.09. The normalized spacial score (nSPS) is 12.7. The van der Waals surface area contributed by atoms with Gasteiger partial charge in [0, 0.05) is 6.20 Å². The zero-order valence-corrected chi connectivity index (χ0v) is 8.10. The third kappa shape index (κ3) is 2.42. The predicted octanol–water partition coefficient (Wildman–Crippen LogP) is 1.35. The van der Waals surface area contributed by atoms with Crippen LogP contribution in [0.25, 0.3) is 0 Å². The number of nitrogens with zero attached hydrogens (tertiary/aromatic N) is 1. The quantitative estimate of drug-likeness (QED) is 0.745. The summed E-state index contributed by atoms with van der Waals surface area (Å²) in [6.07, 6.45) is 6.94. The molecule has 0 fully saturated rings. The van der Waals surface area contributed by atoms with Crippen LogP contribution < -0.4 is 5.32 Å². The molecule has 15 heavy (non-hydrogen) atoms. The molecule has 0 saturated heterocycles. The first-order valence-corrected chi connectivity index (χ1v) is 4.68. The van der Waals surface area contributed by atoms with Gasteiger partial charge in [-0.2, -0.15) is 0 Å².